The third kappa shape index (κ3) is 2.64. The molecule has 4 rings (SSSR count). The molecule has 128 valence electrons. The van der Waals surface area contributed by atoms with Crippen LogP contribution < -0.4 is 4.73 Å². The van der Waals surface area contributed by atoms with Gasteiger partial charge in [0.25, 0.3) is 0 Å². The van der Waals surface area contributed by atoms with Crippen LogP contribution in [0, 0.1) is 12.1 Å². The fourth-order valence-electron chi connectivity index (χ4n) is 3.68. The minimum Gasteiger partial charge on any atom is -0.618 e. The molecule has 0 fully saturated rings. The van der Waals surface area contributed by atoms with Gasteiger partial charge in [0.2, 0.25) is 11.4 Å². The van der Waals surface area contributed by atoms with Gasteiger partial charge in [-0.3, -0.25) is 0 Å². The first-order valence-electron chi connectivity index (χ1n) is 9.00. The van der Waals surface area contributed by atoms with Gasteiger partial charge in [0.05, 0.1) is 10.9 Å². The van der Waals surface area contributed by atoms with Crippen LogP contribution in [-0.2, 0) is 6.42 Å². The van der Waals surface area contributed by atoms with E-state index in [9.17, 15) is 5.21 Å². The molecular formula is C24H21NO. The lowest BCUT2D eigenvalue weighted by Gasteiger charge is -2.18. The van der Waals surface area contributed by atoms with Crippen LogP contribution in [0.4, 0.5) is 0 Å². The average molecular weight is 339 g/mol. The van der Waals surface area contributed by atoms with Crippen LogP contribution >= 0.6 is 0 Å². The molecule has 0 aliphatic carbocycles. The van der Waals surface area contributed by atoms with E-state index in [2.05, 4.69) is 37.3 Å². The number of rotatable bonds is 3. The quantitative estimate of drug-likeness (QED) is 0.348. The highest BCUT2D eigenvalue weighted by Crippen LogP contribution is 2.37. The molecule has 26 heavy (non-hydrogen) atoms. The molecule has 3 aromatic carbocycles. The Kier molecular flexibility index (Phi) is 4.18. The van der Waals surface area contributed by atoms with E-state index in [0.717, 1.165) is 43.6 Å². The van der Waals surface area contributed by atoms with Gasteiger partial charge in [-0.2, -0.15) is 4.73 Å². The van der Waals surface area contributed by atoms with E-state index in [4.69, 9.17) is 0 Å². The van der Waals surface area contributed by atoms with Crippen molar-refractivity contribution >= 4 is 10.8 Å². The van der Waals surface area contributed by atoms with Crippen molar-refractivity contribution in [2.75, 3.05) is 0 Å². The first-order valence-corrected chi connectivity index (χ1v) is 9.00. The summed E-state index contributed by atoms with van der Waals surface area (Å²) in [4.78, 5) is 0. The van der Waals surface area contributed by atoms with Gasteiger partial charge >= 0.3 is 0 Å². The number of aryl methyl sites for hydroxylation is 2. The number of nitrogens with zero attached hydrogens (tertiary/aromatic N) is 1. The number of aromatic nitrogens is 1. The van der Waals surface area contributed by atoms with Crippen LogP contribution in [0.5, 0.6) is 0 Å². The van der Waals surface area contributed by atoms with Crippen molar-refractivity contribution in [2.24, 2.45) is 0 Å². The maximum absolute atomic E-state index is 13.4. The predicted octanol–water partition coefficient (Wildman–Crippen LogP) is 5.68. The highest BCUT2D eigenvalue weighted by Gasteiger charge is 2.24. The van der Waals surface area contributed by atoms with Gasteiger partial charge in [0, 0.05) is 17.4 Å². The molecule has 0 saturated heterocycles. The number of hydrogen-bond acceptors (Lipinski definition) is 1. The van der Waals surface area contributed by atoms with E-state index < -0.39 is 0 Å². The van der Waals surface area contributed by atoms with E-state index in [0.29, 0.717) is 6.42 Å². The molecule has 0 unspecified atom stereocenters. The van der Waals surface area contributed by atoms with Crippen molar-refractivity contribution in [2.45, 2.75) is 20.3 Å². The van der Waals surface area contributed by atoms with Gasteiger partial charge in [-0.05, 0) is 30.7 Å². The van der Waals surface area contributed by atoms with Crippen LogP contribution in [0.25, 0.3) is 33.2 Å². The Labute approximate surface area is 153 Å². The molecule has 0 bridgehead atoms. The van der Waals surface area contributed by atoms with E-state index in [-0.39, 0.29) is 0 Å². The van der Waals surface area contributed by atoms with Crippen molar-refractivity contribution < 1.29 is 4.73 Å². The summed E-state index contributed by atoms with van der Waals surface area (Å²) in [5.74, 6) is 0. The zero-order chi connectivity index (χ0) is 18.1. The Morgan fingerprint density at radius 3 is 2.00 bits per heavy atom. The van der Waals surface area contributed by atoms with E-state index >= 15 is 0 Å². The highest BCUT2D eigenvalue weighted by atomic mass is 16.5. The largest absolute Gasteiger partial charge is 0.618 e. The molecule has 2 heteroatoms. The van der Waals surface area contributed by atoms with Gasteiger partial charge in [-0.1, -0.05) is 73.2 Å². The monoisotopic (exact) mass is 339 g/mol. The molecule has 0 spiro atoms. The second-order valence-electron chi connectivity index (χ2n) is 6.60. The number of benzene rings is 3. The van der Waals surface area contributed by atoms with Gasteiger partial charge in [-0.15, -0.1) is 0 Å². The fourth-order valence-corrected chi connectivity index (χ4v) is 3.68. The molecule has 4 aromatic rings. The zero-order valence-electron chi connectivity index (χ0n) is 15.1. The molecule has 0 aliphatic heterocycles. The molecule has 0 aliphatic rings. The van der Waals surface area contributed by atoms with Crippen LogP contribution in [0.3, 0.4) is 0 Å². The van der Waals surface area contributed by atoms with E-state index in [1.54, 1.807) is 0 Å². The summed E-state index contributed by atoms with van der Waals surface area (Å²) >= 11 is 0. The first kappa shape index (κ1) is 16.3. The second kappa shape index (κ2) is 6.64. The first-order chi connectivity index (χ1) is 12.7. The predicted molar refractivity (Wildman–Crippen MR) is 108 cm³/mol. The lowest BCUT2D eigenvalue weighted by Crippen LogP contribution is -2.35. The summed E-state index contributed by atoms with van der Waals surface area (Å²) < 4.78 is 1.13. The van der Waals surface area contributed by atoms with Crippen LogP contribution in [-0.4, -0.2) is 0 Å². The van der Waals surface area contributed by atoms with Gasteiger partial charge in [0.1, 0.15) is 0 Å². The summed E-state index contributed by atoms with van der Waals surface area (Å²) in [7, 11) is 0. The summed E-state index contributed by atoms with van der Waals surface area (Å²) in [5, 5.41) is 15.6. The minimum absolute atomic E-state index is 0.692. The van der Waals surface area contributed by atoms with E-state index in [1.807, 2.05) is 55.5 Å². The topological polar surface area (TPSA) is 26.9 Å². The molecule has 1 aromatic heterocycles. The molecule has 0 N–H and O–H groups in total. The molecule has 0 amide bonds. The van der Waals surface area contributed by atoms with Crippen molar-refractivity contribution in [3.8, 4) is 22.4 Å². The van der Waals surface area contributed by atoms with Crippen molar-refractivity contribution in [3.05, 3.63) is 95.3 Å². The number of fused-ring (bicyclic) bond motifs is 1. The molecule has 2 nitrogen and oxygen atoms in total. The molecular weight excluding hydrogens is 318 g/mol. The normalized spacial score (nSPS) is 11.0. The van der Waals surface area contributed by atoms with Crippen molar-refractivity contribution in [1.82, 2.24) is 0 Å². The third-order valence-corrected chi connectivity index (χ3v) is 4.88. The smallest absolute Gasteiger partial charge is 0.232 e. The highest BCUT2D eigenvalue weighted by molar-refractivity contribution is 6.02. The molecule has 0 saturated carbocycles. The fraction of sp³-hybridized carbons (Fsp3) is 0.125. The lowest BCUT2D eigenvalue weighted by atomic mass is 9.91. The second-order valence-corrected chi connectivity index (χ2v) is 6.60. The maximum atomic E-state index is 13.4. The van der Waals surface area contributed by atoms with E-state index in [1.165, 1.54) is 5.56 Å². The van der Waals surface area contributed by atoms with Gasteiger partial charge < -0.3 is 5.21 Å². The lowest BCUT2D eigenvalue weighted by molar-refractivity contribution is -0.600. The van der Waals surface area contributed by atoms with Crippen LogP contribution in [0.1, 0.15) is 18.2 Å². The van der Waals surface area contributed by atoms with Crippen LogP contribution in [0.15, 0.2) is 78.9 Å². The van der Waals surface area contributed by atoms with Crippen molar-refractivity contribution in [3.63, 3.8) is 0 Å². The van der Waals surface area contributed by atoms with Gasteiger partial charge in [0.15, 0.2) is 0 Å². The maximum Gasteiger partial charge on any atom is 0.232 e. The SMILES string of the molecule is CCc1c2ccc(C)cc2c(-c2ccccc2)c(-c2ccccc2)[n+]1[O-]. The zero-order valence-corrected chi connectivity index (χ0v) is 15.1. The Morgan fingerprint density at radius 2 is 1.38 bits per heavy atom. The number of hydrogen-bond donors (Lipinski definition) is 0. The Hall–Kier alpha value is -3.13. The molecule has 0 radical (unpaired) electrons. The summed E-state index contributed by atoms with van der Waals surface area (Å²) in [6.45, 7) is 4.14. The Bertz CT molecular complexity index is 1070. The van der Waals surface area contributed by atoms with Crippen LogP contribution in [0.2, 0.25) is 0 Å². The van der Waals surface area contributed by atoms with Crippen molar-refractivity contribution in [1.29, 1.82) is 0 Å². The molecule has 0 atom stereocenters. The summed E-state index contributed by atoms with van der Waals surface area (Å²) in [5.41, 5.74) is 5.75. The summed E-state index contributed by atoms with van der Waals surface area (Å²) in [6, 6.07) is 26.5. The molecule has 1 heterocycles. The third-order valence-electron chi connectivity index (χ3n) is 4.88. The standard InChI is InChI=1S/C24H21NO/c1-3-22-20-15-14-17(2)16-21(20)23(18-10-6-4-7-11-18)24(25(22)26)19-12-8-5-9-13-19/h4-16H,3H2,1-2H3. The van der Waals surface area contributed by atoms with Gasteiger partial charge in [-0.25, -0.2) is 0 Å². The number of pyridine rings is 1. The Balaban J connectivity index is 2.23. The average Bonchev–Trinajstić information content (AvgIpc) is 2.68. The Morgan fingerprint density at radius 1 is 0.769 bits per heavy atom. The minimum atomic E-state index is 0.692. The summed E-state index contributed by atoms with van der Waals surface area (Å²) in [6.07, 6.45) is 0.692.